The Morgan fingerprint density at radius 1 is 0.476 bits per heavy atom. The van der Waals surface area contributed by atoms with E-state index in [2.05, 4.69) is 27.4 Å². The molecule has 0 heterocycles. The van der Waals surface area contributed by atoms with Crippen LogP contribution >= 0.6 is 0 Å². The van der Waals surface area contributed by atoms with Gasteiger partial charge in [0.05, 0.1) is 6.10 Å². The summed E-state index contributed by atoms with van der Waals surface area (Å²) in [4.78, 5) is 0. The van der Waals surface area contributed by atoms with Crippen molar-refractivity contribution in [1.82, 2.24) is 0 Å². The first kappa shape index (κ1) is 46.0. The van der Waals surface area contributed by atoms with Crippen molar-refractivity contribution in [3.63, 3.8) is 0 Å². The number of unbranched alkanes of at least 4 members (excludes halogenated alkanes) is 23. The molecule has 0 saturated carbocycles. The summed E-state index contributed by atoms with van der Waals surface area (Å²) in [7, 11) is 0. The zero-order valence-electron chi connectivity index (χ0n) is 29.2. The van der Waals surface area contributed by atoms with Crippen LogP contribution in [0.5, 0.6) is 0 Å². The Kier molecular flexibility index (Phi) is 52.0. The molecule has 0 bridgehead atoms. The van der Waals surface area contributed by atoms with Crippen molar-refractivity contribution in [3.05, 3.63) is 12.7 Å². The Morgan fingerprint density at radius 3 is 1.12 bits per heavy atom. The van der Waals surface area contributed by atoms with E-state index in [1.54, 1.807) is 0 Å². The lowest BCUT2D eigenvalue weighted by Crippen LogP contribution is -2.09. The number of hydrogen-bond donors (Lipinski definition) is 3. The summed E-state index contributed by atoms with van der Waals surface area (Å²) < 4.78 is 5.62. The fourth-order valence-corrected chi connectivity index (χ4v) is 4.91. The van der Waals surface area contributed by atoms with Gasteiger partial charge in [-0.3, -0.25) is 0 Å². The Labute approximate surface area is 265 Å². The van der Waals surface area contributed by atoms with Gasteiger partial charge in [-0.15, -0.1) is 6.58 Å². The maximum absolute atomic E-state index is 8.69. The lowest BCUT2D eigenvalue weighted by Gasteiger charge is -2.12. The fraction of sp³-hybridized carbons (Fsp3) is 0.947. The van der Waals surface area contributed by atoms with Gasteiger partial charge in [-0.1, -0.05) is 168 Å². The zero-order valence-corrected chi connectivity index (χ0v) is 29.2. The topological polar surface area (TPSA) is 69.9 Å². The molecule has 0 aromatic rings. The molecule has 0 amide bonds. The van der Waals surface area contributed by atoms with E-state index in [9.17, 15) is 0 Å². The molecule has 0 aliphatic carbocycles. The molecule has 0 aromatic carbocycles. The Bertz CT molecular complexity index is 427. The van der Waals surface area contributed by atoms with Crippen LogP contribution in [0.25, 0.3) is 0 Å². The Morgan fingerprint density at radius 2 is 0.810 bits per heavy atom. The second kappa shape index (κ2) is 47.5. The van der Waals surface area contributed by atoms with Crippen molar-refractivity contribution in [2.24, 2.45) is 0 Å². The largest absolute Gasteiger partial charge is 0.396 e. The zero-order chi connectivity index (χ0) is 31.6. The van der Waals surface area contributed by atoms with Crippen LogP contribution in [0.1, 0.15) is 201 Å². The van der Waals surface area contributed by atoms with E-state index in [1.165, 1.54) is 167 Å². The molecular weight excluding hydrogens is 520 g/mol. The van der Waals surface area contributed by atoms with Crippen LogP contribution in [0.2, 0.25) is 0 Å². The van der Waals surface area contributed by atoms with Gasteiger partial charge in [-0.25, -0.2) is 0 Å². The van der Waals surface area contributed by atoms with Gasteiger partial charge in [-0.05, 0) is 39.0 Å². The minimum atomic E-state index is 0.0938. The van der Waals surface area contributed by atoms with E-state index >= 15 is 0 Å². The van der Waals surface area contributed by atoms with Crippen LogP contribution in [0.15, 0.2) is 12.7 Å². The first-order chi connectivity index (χ1) is 20.6. The maximum atomic E-state index is 8.69. The molecule has 42 heavy (non-hydrogen) atoms. The molecule has 256 valence electrons. The molecule has 1 unspecified atom stereocenters. The third-order valence-electron chi connectivity index (χ3n) is 7.75. The second-order valence-electron chi connectivity index (χ2n) is 12.2. The maximum Gasteiger partial charge on any atom is 0.0547 e. The van der Waals surface area contributed by atoms with Crippen LogP contribution in [-0.2, 0) is 4.74 Å². The summed E-state index contributed by atoms with van der Waals surface area (Å²) in [6.07, 6.45) is 40.1. The van der Waals surface area contributed by atoms with E-state index in [4.69, 9.17) is 20.1 Å². The number of aliphatic hydroxyl groups is 3. The van der Waals surface area contributed by atoms with Gasteiger partial charge in [0.1, 0.15) is 0 Å². The summed E-state index contributed by atoms with van der Waals surface area (Å²) >= 11 is 0. The van der Waals surface area contributed by atoms with Crippen molar-refractivity contribution in [2.45, 2.75) is 207 Å². The third kappa shape index (κ3) is 52.2. The highest BCUT2D eigenvalue weighted by atomic mass is 16.5. The van der Waals surface area contributed by atoms with Gasteiger partial charge in [0.2, 0.25) is 0 Å². The minimum Gasteiger partial charge on any atom is -0.396 e. The smallest absolute Gasteiger partial charge is 0.0547 e. The molecule has 4 nitrogen and oxygen atoms in total. The van der Waals surface area contributed by atoms with Gasteiger partial charge in [0, 0.05) is 26.4 Å². The number of hydrogen-bond acceptors (Lipinski definition) is 4. The summed E-state index contributed by atoms with van der Waals surface area (Å²) in [5, 5.41) is 24.5. The highest BCUT2D eigenvalue weighted by Crippen LogP contribution is 2.14. The average molecular weight is 601 g/mol. The molecule has 3 N–H and O–H groups in total. The average Bonchev–Trinajstić information content (AvgIpc) is 2.99. The Balaban J connectivity index is -0.000000639. The lowest BCUT2D eigenvalue weighted by atomic mass is 10.0. The molecule has 0 aliphatic rings. The molecule has 0 spiro atoms. The predicted octanol–water partition coefficient (Wildman–Crippen LogP) is 11.5. The van der Waals surface area contributed by atoms with Gasteiger partial charge in [0.15, 0.2) is 0 Å². The summed E-state index contributed by atoms with van der Waals surface area (Å²) in [5.74, 6) is 0. The van der Waals surface area contributed by atoms with Crippen molar-refractivity contribution < 1.29 is 20.1 Å². The predicted molar refractivity (Wildman–Crippen MR) is 187 cm³/mol. The third-order valence-corrected chi connectivity index (χ3v) is 7.75. The van der Waals surface area contributed by atoms with Crippen LogP contribution in [0.4, 0.5) is 0 Å². The van der Waals surface area contributed by atoms with E-state index in [0.29, 0.717) is 19.1 Å². The van der Waals surface area contributed by atoms with Crippen LogP contribution in [0, 0.1) is 0 Å². The summed E-state index contributed by atoms with van der Waals surface area (Å²) in [6, 6.07) is 0. The fourth-order valence-electron chi connectivity index (χ4n) is 4.91. The number of aliphatic hydroxyl groups excluding tert-OH is 3. The van der Waals surface area contributed by atoms with Gasteiger partial charge in [-0.2, -0.15) is 0 Å². The normalized spacial score (nSPS) is 11.4. The molecule has 0 aromatic heterocycles. The first-order valence-corrected chi connectivity index (χ1v) is 18.7. The van der Waals surface area contributed by atoms with E-state index in [1.807, 2.05) is 6.08 Å². The molecule has 0 rings (SSSR count). The quantitative estimate of drug-likeness (QED) is 0.0530. The number of allylic oxidation sites excluding steroid dienone is 1. The highest BCUT2D eigenvalue weighted by molar-refractivity contribution is 4.65. The van der Waals surface area contributed by atoms with Crippen LogP contribution < -0.4 is 0 Å². The van der Waals surface area contributed by atoms with Gasteiger partial charge in [0.25, 0.3) is 0 Å². The van der Waals surface area contributed by atoms with Crippen molar-refractivity contribution in [3.8, 4) is 0 Å². The number of rotatable bonds is 32. The lowest BCUT2D eigenvalue weighted by molar-refractivity contribution is 0.0490. The highest BCUT2D eigenvalue weighted by Gasteiger charge is 2.01. The minimum absolute atomic E-state index is 0.0938. The van der Waals surface area contributed by atoms with E-state index in [-0.39, 0.29) is 19.8 Å². The number of ether oxygens (including phenoxy) is 1. The molecular formula is C38H80O4. The standard InChI is InChI=1S/C19H40O2.C16H32.C3H8O2/c1-3-4-5-6-7-8-9-10-11-12-13-14-16-19(2)21-18-15-17-20;1-3-5-7-9-11-13-15-16-14-12-10-8-6-4-2;4-2-1-3-5/h19-20H,3-18H2,1-2H3;3H,1,4-16H2,2H3;4-5H,1-3H2. The summed E-state index contributed by atoms with van der Waals surface area (Å²) in [5.41, 5.74) is 0. The first-order valence-electron chi connectivity index (χ1n) is 18.7. The molecule has 0 saturated heterocycles. The summed E-state index contributed by atoms with van der Waals surface area (Å²) in [6.45, 7) is 11.6. The monoisotopic (exact) mass is 601 g/mol. The van der Waals surface area contributed by atoms with E-state index < -0.39 is 0 Å². The van der Waals surface area contributed by atoms with Gasteiger partial charge >= 0.3 is 0 Å². The van der Waals surface area contributed by atoms with Crippen LogP contribution in [0.3, 0.4) is 0 Å². The van der Waals surface area contributed by atoms with Gasteiger partial charge < -0.3 is 20.1 Å². The van der Waals surface area contributed by atoms with Crippen molar-refractivity contribution >= 4 is 0 Å². The SMILES string of the molecule is C=CCCCCCCCCCCCCCC.CCCCCCCCCCCCCCC(C)OCCCO.OCCCO. The van der Waals surface area contributed by atoms with E-state index in [0.717, 1.165) is 6.42 Å². The molecule has 0 radical (unpaired) electrons. The van der Waals surface area contributed by atoms with Crippen molar-refractivity contribution in [1.29, 1.82) is 0 Å². The van der Waals surface area contributed by atoms with Crippen LogP contribution in [-0.4, -0.2) is 47.9 Å². The molecule has 4 heteroatoms. The molecule has 0 fully saturated rings. The molecule has 0 aliphatic heterocycles. The van der Waals surface area contributed by atoms with Crippen molar-refractivity contribution in [2.75, 3.05) is 26.4 Å². The molecule has 1 atom stereocenters. The second-order valence-corrected chi connectivity index (χ2v) is 12.2. The Hall–Kier alpha value is -0.420.